The van der Waals surface area contributed by atoms with E-state index >= 15 is 0 Å². The Hall–Kier alpha value is -1.41. The maximum atomic E-state index is 5.66. The van der Waals surface area contributed by atoms with Crippen molar-refractivity contribution in [1.82, 2.24) is 0 Å². The molecule has 0 saturated carbocycles. The van der Waals surface area contributed by atoms with Gasteiger partial charge in [0.2, 0.25) is 0 Å². The van der Waals surface area contributed by atoms with Crippen molar-refractivity contribution in [2.24, 2.45) is 0 Å². The molecular formula is C19H24OS. The van der Waals surface area contributed by atoms with Gasteiger partial charge in [0, 0.05) is 9.79 Å². The van der Waals surface area contributed by atoms with E-state index in [1.165, 1.54) is 15.4 Å². The molecule has 0 radical (unpaired) electrons. The molecule has 0 aliphatic heterocycles. The molecule has 112 valence electrons. The SMILES string of the molecule is CC(C)Oc1ccc(Sc2ccc(C(C)(C)C)cc2)cc1. The first-order valence-corrected chi connectivity index (χ1v) is 8.21. The van der Waals surface area contributed by atoms with Gasteiger partial charge in [0.05, 0.1) is 6.10 Å². The lowest BCUT2D eigenvalue weighted by atomic mass is 9.87. The molecule has 1 nitrogen and oxygen atoms in total. The van der Waals surface area contributed by atoms with E-state index in [4.69, 9.17) is 4.74 Å². The van der Waals surface area contributed by atoms with Crippen LogP contribution in [0.5, 0.6) is 5.75 Å². The minimum Gasteiger partial charge on any atom is -0.491 e. The van der Waals surface area contributed by atoms with Crippen molar-refractivity contribution in [2.75, 3.05) is 0 Å². The molecule has 0 atom stereocenters. The molecule has 0 unspecified atom stereocenters. The number of hydrogen-bond donors (Lipinski definition) is 0. The first kappa shape index (κ1) is 16.0. The maximum Gasteiger partial charge on any atom is 0.119 e. The van der Waals surface area contributed by atoms with E-state index in [0.717, 1.165) is 5.75 Å². The summed E-state index contributed by atoms with van der Waals surface area (Å²) in [6.07, 6.45) is 0.216. The summed E-state index contributed by atoms with van der Waals surface area (Å²) in [5, 5.41) is 0. The first-order chi connectivity index (χ1) is 9.84. The molecule has 2 rings (SSSR count). The van der Waals surface area contributed by atoms with E-state index in [-0.39, 0.29) is 11.5 Å². The Morgan fingerprint density at radius 3 is 1.71 bits per heavy atom. The van der Waals surface area contributed by atoms with Crippen LogP contribution in [0.2, 0.25) is 0 Å². The lowest BCUT2D eigenvalue weighted by molar-refractivity contribution is 0.242. The standard InChI is InChI=1S/C19H24OS/c1-14(2)20-16-8-12-18(13-9-16)21-17-10-6-15(7-11-17)19(3,4)5/h6-14H,1-5H3. The Kier molecular flexibility index (Phi) is 5.00. The second-order valence-corrected chi connectivity index (χ2v) is 7.66. The zero-order valence-corrected chi connectivity index (χ0v) is 14.3. The minimum absolute atomic E-state index is 0.207. The van der Waals surface area contributed by atoms with Gasteiger partial charge in [-0.15, -0.1) is 0 Å². The molecule has 2 heteroatoms. The Morgan fingerprint density at radius 1 is 0.810 bits per heavy atom. The van der Waals surface area contributed by atoms with Crippen molar-refractivity contribution in [3.05, 3.63) is 54.1 Å². The lowest BCUT2D eigenvalue weighted by Gasteiger charge is -2.19. The highest BCUT2D eigenvalue weighted by Crippen LogP contribution is 2.31. The average Bonchev–Trinajstić information content (AvgIpc) is 2.40. The molecule has 0 heterocycles. The fraction of sp³-hybridized carbons (Fsp3) is 0.368. The molecule has 0 saturated heterocycles. The van der Waals surface area contributed by atoms with Gasteiger partial charge in [-0.3, -0.25) is 0 Å². The molecular weight excluding hydrogens is 276 g/mol. The number of ether oxygens (including phenoxy) is 1. The summed E-state index contributed by atoms with van der Waals surface area (Å²) >= 11 is 1.78. The van der Waals surface area contributed by atoms with Gasteiger partial charge in [-0.05, 0) is 61.2 Å². The third-order valence-corrected chi connectivity index (χ3v) is 4.17. The summed E-state index contributed by atoms with van der Waals surface area (Å²) in [5.41, 5.74) is 1.58. The minimum atomic E-state index is 0.207. The summed E-state index contributed by atoms with van der Waals surface area (Å²) in [6.45, 7) is 10.8. The predicted octanol–water partition coefficient (Wildman–Crippen LogP) is 5.92. The molecule has 0 spiro atoms. The molecule has 0 amide bonds. The zero-order valence-electron chi connectivity index (χ0n) is 13.5. The molecule has 0 aromatic heterocycles. The van der Waals surface area contributed by atoms with E-state index < -0.39 is 0 Å². The maximum absolute atomic E-state index is 5.66. The molecule has 21 heavy (non-hydrogen) atoms. The van der Waals surface area contributed by atoms with Gasteiger partial charge in [0.1, 0.15) is 5.75 Å². The smallest absolute Gasteiger partial charge is 0.119 e. The monoisotopic (exact) mass is 300 g/mol. The van der Waals surface area contributed by atoms with E-state index in [9.17, 15) is 0 Å². The van der Waals surface area contributed by atoms with Crippen LogP contribution in [0.1, 0.15) is 40.2 Å². The molecule has 0 fully saturated rings. The van der Waals surface area contributed by atoms with E-state index in [1.54, 1.807) is 11.8 Å². The Morgan fingerprint density at radius 2 is 1.29 bits per heavy atom. The third-order valence-electron chi connectivity index (χ3n) is 3.15. The van der Waals surface area contributed by atoms with Gasteiger partial charge in [0.25, 0.3) is 0 Å². The molecule has 2 aromatic rings. The topological polar surface area (TPSA) is 9.23 Å². The summed E-state index contributed by atoms with van der Waals surface area (Å²) in [5.74, 6) is 0.928. The van der Waals surface area contributed by atoms with Crippen molar-refractivity contribution in [3.63, 3.8) is 0 Å². The van der Waals surface area contributed by atoms with Crippen LogP contribution in [0, 0.1) is 0 Å². The van der Waals surface area contributed by atoms with Crippen LogP contribution in [0.25, 0.3) is 0 Å². The quantitative estimate of drug-likeness (QED) is 0.693. The highest BCUT2D eigenvalue weighted by Gasteiger charge is 2.12. The summed E-state index contributed by atoms with van der Waals surface area (Å²) in [4.78, 5) is 2.50. The lowest BCUT2D eigenvalue weighted by Crippen LogP contribution is -2.10. The van der Waals surface area contributed by atoms with Crippen molar-refractivity contribution < 1.29 is 4.74 Å². The summed E-state index contributed by atoms with van der Waals surface area (Å²) < 4.78 is 5.66. The first-order valence-electron chi connectivity index (χ1n) is 7.40. The Balaban J connectivity index is 2.04. The largest absolute Gasteiger partial charge is 0.491 e. The van der Waals surface area contributed by atoms with Crippen LogP contribution < -0.4 is 4.74 Å². The highest BCUT2D eigenvalue weighted by atomic mass is 32.2. The van der Waals surface area contributed by atoms with E-state index in [1.807, 2.05) is 26.0 Å². The number of rotatable bonds is 4. The Labute approximate surface area is 132 Å². The molecule has 0 N–H and O–H groups in total. The summed E-state index contributed by atoms with van der Waals surface area (Å²) in [6, 6.07) is 17.1. The summed E-state index contributed by atoms with van der Waals surface area (Å²) in [7, 11) is 0. The molecule has 2 aromatic carbocycles. The van der Waals surface area contributed by atoms with Crippen LogP contribution in [-0.2, 0) is 5.41 Å². The van der Waals surface area contributed by atoms with Gasteiger partial charge in [-0.2, -0.15) is 0 Å². The molecule has 0 aliphatic carbocycles. The zero-order chi connectivity index (χ0) is 15.5. The second kappa shape index (κ2) is 6.57. The third kappa shape index (κ3) is 4.82. The van der Waals surface area contributed by atoms with Gasteiger partial charge in [-0.25, -0.2) is 0 Å². The number of hydrogen-bond acceptors (Lipinski definition) is 2. The van der Waals surface area contributed by atoms with Crippen LogP contribution in [0.15, 0.2) is 58.3 Å². The highest BCUT2D eigenvalue weighted by molar-refractivity contribution is 7.99. The second-order valence-electron chi connectivity index (χ2n) is 6.51. The van der Waals surface area contributed by atoms with Crippen LogP contribution in [-0.4, -0.2) is 6.10 Å². The fourth-order valence-corrected chi connectivity index (χ4v) is 2.83. The normalized spacial score (nSPS) is 11.7. The van der Waals surface area contributed by atoms with Gasteiger partial charge in [-0.1, -0.05) is 44.7 Å². The Bertz CT molecular complexity index is 562. The van der Waals surface area contributed by atoms with Crippen LogP contribution in [0.3, 0.4) is 0 Å². The number of benzene rings is 2. The van der Waals surface area contributed by atoms with Crippen LogP contribution in [0.4, 0.5) is 0 Å². The van der Waals surface area contributed by atoms with Crippen LogP contribution >= 0.6 is 11.8 Å². The van der Waals surface area contributed by atoms with Crippen molar-refractivity contribution in [1.29, 1.82) is 0 Å². The van der Waals surface area contributed by atoms with Crippen molar-refractivity contribution >= 4 is 11.8 Å². The van der Waals surface area contributed by atoms with Gasteiger partial charge in [0.15, 0.2) is 0 Å². The van der Waals surface area contributed by atoms with Crippen molar-refractivity contribution in [2.45, 2.75) is 55.9 Å². The fourth-order valence-electron chi connectivity index (χ4n) is 2.02. The predicted molar refractivity (Wildman–Crippen MR) is 91.5 cm³/mol. The van der Waals surface area contributed by atoms with E-state index in [0.29, 0.717) is 0 Å². The molecule has 0 bridgehead atoms. The average molecular weight is 300 g/mol. The van der Waals surface area contributed by atoms with Gasteiger partial charge >= 0.3 is 0 Å². The van der Waals surface area contributed by atoms with Gasteiger partial charge < -0.3 is 4.74 Å². The van der Waals surface area contributed by atoms with Crippen molar-refractivity contribution in [3.8, 4) is 5.75 Å². The molecule has 0 aliphatic rings. The van der Waals surface area contributed by atoms with E-state index in [2.05, 4.69) is 57.2 Å².